The van der Waals surface area contributed by atoms with Gasteiger partial charge < -0.3 is 19.9 Å². The van der Waals surface area contributed by atoms with Gasteiger partial charge in [-0.05, 0) is 49.5 Å². The lowest BCUT2D eigenvalue weighted by Gasteiger charge is -2.42. The maximum atomic E-state index is 13.1. The second-order valence-electron chi connectivity index (χ2n) is 10.3. The summed E-state index contributed by atoms with van der Waals surface area (Å²) >= 11 is 0. The standard InChI is InChI=1S/C27H36N2O5/c1-18-7-6-8-19(15-18)11-14-34-22-16-20(17-28-24(22)33-5)23(30)29-27(25(31)32)12-9-21(10-13-27)26(2,3)4/h6-8,15-17,21H,9-14H2,1-5H3,(H,29,30)(H,31,32). The molecule has 1 aliphatic rings. The van der Waals surface area contributed by atoms with E-state index in [1.807, 2.05) is 25.1 Å². The van der Waals surface area contributed by atoms with Crippen molar-refractivity contribution in [2.45, 2.75) is 65.3 Å². The Morgan fingerprint density at radius 3 is 2.50 bits per heavy atom. The number of carbonyl (C=O) groups excluding carboxylic acids is 1. The van der Waals surface area contributed by atoms with Gasteiger partial charge in [-0.2, -0.15) is 0 Å². The van der Waals surface area contributed by atoms with Crippen molar-refractivity contribution < 1.29 is 24.2 Å². The Morgan fingerprint density at radius 2 is 1.91 bits per heavy atom. The summed E-state index contributed by atoms with van der Waals surface area (Å²) < 4.78 is 11.2. The van der Waals surface area contributed by atoms with Gasteiger partial charge in [0.1, 0.15) is 5.54 Å². The molecule has 3 rings (SSSR count). The Balaban J connectivity index is 1.70. The summed E-state index contributed by atoms with van der Waals surface area (Å²) in [6.07, 6.45) is 4.39. The van der Waals surface area contributed by atoms with Crippen molar-refractivity contribution in [3.8, 4) is 11.6 Å². The number of nitrogens with zero attached hydrogens (tertiary/aromatic N) is 1. The van der Waals surface area contributed by atoms with E-state index < -0.39 is 17.4 Å². The number of rotatable bonds is 8. The van der Waals surface area contributed by atoms with Gasteiger partial charge in [-0.1, -0.05) is 50.6 Å². The Kier molecular flexibility index (Phi) is 7.85. The fourth-order valence-corrected chi connectivity index (χ4v) is 4.62. The van der Waals surface area contributed by atoms with Crippen LogP contribution in [0.4, 0.5) is 0 Å². The number of aromatic nitrogens is 1. The van der Waals surface area contributed by atoms with Gasteiger partial charge in [0, 0.05) is 18.7 Å². The highest BCUT2D eigenvalue weighted by atomic mass is 16.5. The molecule has 0 unspecified atom stereocenters. The second-order valence-corrected chi connectivity index (χ2v) is 10.3. The van der Waals surface area contributed by atoms with Crippen molar-refractivity contribution in [1.29, 1.82) is 0 Å². The van der Waals surface area contributed by atoms with Crippen molar-refractivity contribution in [3.63, 3.8) is 0 Å². The molecule has 7 heteroatoms. The molecule has 0 bridgehead atoms. The van der Waals surface area contributed by atoms with E-state index >= 15 is 0 Å². The molecule has 2 N–H and O–H groups in total. The number of carboxylic acids is 1. The number of nitrogens with one attached hydrogen (secondary N) is 1. The average Bonchev–Trinajstić information content (AvgIpc) is 2.78. The van der Waals surface area contributed by atoms with Crippen LogP contribution in [0.3, 0.4) is 0 Å². The van der Waals surface area contributed by atoms with Gasteiger partial charge in [-0.3, -0.25) is 4.79 Å². The summed E-state index contributed by atoms with van der Waals surface area (Å²) in [7, 11) is 1.49. The number of aryl methyl sites for hydroxylation is 1. The Labute approximate surface area is 201 Å². The van der Waals surface area contributed by atoms with Crippen LogP contribution < -0.4 is 14.8 Å². The van der Waals surface area contributed by atoms with Crippen LogP contribution in [0.25, 0.3) is 0 Å². The molecule has 1 fully saturated rings. The van der Waals surface area contributed by atoms with E-state index in [-0.39, 0.29) is 16.9 Å². The van der Waals surface area contributed by atoms with Gasteiger partial charge in [0.15, 0.2) is 5.75 Å². The monoisotopic (exact) mass is 468 g/mol. The summed E-state index contributed by atoms with van der Waals surface area (Å²) in [4.78, 5) is 29.5. The van der Waals surface area contributed by atoms with Gasteiger partial charge >= 0.3 is 5.97 Å². The van der Waals surface area contributed by atoms with Crippen LogP contribution in [0.5, 0.6) is 11.6 Å². The summed E-state index contributed by atoms with van der Waals surface area (Å²) in [5, 5.41) is 12.8. The molecule has 1 aliphatic carbocycles. The molecule has 1 aromatic carbocycles. The lowest BCUT2D eigenvalue weighted by molar-refractivity contribution is -0.146. The molecule has 1 saturated carbocycles. The van der Waals surface area contributed by atoms with Crippen molar-refractivity contribution in [1.82, 2.24) is 10.3 Å². The van der Waals surface area contributed by atoms with Crippen LogP contribution in [0.15, 0.2) is 36.5 Å². The Morgan fingerprint density at radius 1 is 1.21 bits per heavy atom. The van der Waals surface area contributed by atoms with Crippen molar-refractivity contribution in [2.75, 3.05) is 13.7 Å². The molecule has 0 atom stereocenters. The number of benzene rings is 1. The summed E-state index contributed by atoms with van der Waals surface area (Å²) in [6, 6.07) is 9.75. The Bertz CT molecular complexity index is 1020. The second kappa shape index (κ2) is 10.5. The first kappa shape index (κ1) is 25.5. The topological polar surface area (TPSA) is 97.8 Å². The molecule has 1 heterocycles. The number of carboxylic acid groups (broad SMARTS) is 1. The number of carbonyl (C=O) groups is 2. The lowest BCUT2D eigenvalue weighted by Crippen LogP contribution is -2.57. The van der Waals surface area contributed by atoms with E-state index in [1.54, 1.807) is 6.07 Å². The normalized spacial score (nSPS) is 20.4. The highest BCUT2D eigenvalue weighted by Gasteiger charge is 2.45. The molecule has 7 nitrogen and oxygen atoms in total. The highest BCUT2D eigenvalue weighted by Crippen LogP contribution is 2.41. The maximum Gasteiger partial charge on any atom is 0.329 e. The zero-order valence-electron chi connectivity index (χ0n) is 20.8. The first-order valence-corrected chi connectivity index (χ1v) is 11.8. The molecule has 1 aromatic heterocycles. The zero-order valence-corrected chi connectivity index (χ0v) is 20.8. The predicted octanol–water partition coefficient (Wildman–Crippen LogP) is 4.81. The van der Waals surface area contributed by atoms with E-state index in [0.717, 1.165) is 18.4 Å². The fraction of sp³-hybridized carbons (Fsp3) is 0.519. The smallest absolute Gasteiger partial charge is 0.329 e. The maximum absolute atomic E-state index is 13.1. The molecule has 0 spiro atoms. The lowest BCUT2D eigenvalue weighted by atomic mass is 9.67. The van der Waals surface area contributed by atoms with E-state index in [1.165, 1.54) is 18.9 Å². The average molecular weight is 469 g/mol. The van der Waals surface area contributed by atoms with Crippen molar-refractivity contribution >= 4 is 11.9 Å². The number of amides is 1. The molecule has 2 aromatic rings. The molecule has 0 radical (unpaired) electrons. The summed E-state index contributed by atoms with van der Waals surface area (Å²) in [5.41, 5.74) is 1.41. The number of hydrogen-bond donors (Lipinski definition) is 2. The number of pyridine rings is 1. The predicted molar refractivity (Wildman–Crippen MR) is 130 cm³/mol. The quantitative estimate of drug-likeness (QED) is 0.577. The first-order valence-electron chi connectivity index (χ1n) is 11.8. The molecule has 34 heavy (non-hydrogen) atoms. The van der Waals surface area contributed by atoms with E-state index in [4.69, 9.17) is 9.47 Å². The number of aliphatic carboxylic acids is 1. The van der Waals surface area contributed by atoms with Crippen LogP contribution in [-0.2, 0) is 11.2 Å². The minimum Gasteiger partial charge on any atom is -0.488 e. The van der Waals surface area contributed by atoms with E-state index in [2.05, 4.69) is 37.1 Å². The molecule has 1 amide bonds. The largest absolute Gasteiger partial charge is 0.488 e. The molecule has 0 aliphatic heterocycles. The van der Waals surface area contributed by atoms with Gasteiger partial charge in [-0.15, -0.1) is 0 Å². The van der Waals surface area contributed by atoms with Crippen LogP contribution in [0.1, 0.15) is 67.9 Å². The SMILES string of the molecule is COc1ncc(C(=O)NC2(C(=O)O)CCC(C(C)(C)C)CC2)cc1OCCc1cccc(C)c1. The zero-order chi connectivity index (χ0) is 24.9. The fourth-order valence-electron chi connectivity index (χ4n) is 4.62. The highest BCUT2D eigenvalue weighted by molar-refractivity contribution is 5.98. The van der Waals surface area contributed by atoms with Crippen molar-refractivity contribution in [2.24, 2.45) is 11.3 Å². The third-order valence-corrected chi connectivity index (χ3v) is 6.83. The Hall–Kier alpha value is -3.09. The van der Waals surface area contributed by atoms with Crippen LogP contribution in [-0.4, -0.2) is 41.2 Å². The van der Waals surface area contributed by atoms with Crippen molar-refractivity contribution in [3.05, 3.63) is 53.2 Å². The molecular weight excluding hydrogens is 432 g/mol. The minimum absolute atomic E-state index is 0.110. The third-order valence-electron chi connectivity index (χ3n) is 6.83. The third kappa shape index (κ3) is 6.07. The first-order chi connectivity index (χ1) is 16.0. The van der Waals surface area contributed by atoms with Gasteiger partial charge in [0.05, 0.1) is 19.3 Å². The molecule has 184 valence electrons. The van der Waals surface area contributed by atoms with Gasteiger partial charge in [0.25, 0.3) is 11.8 Å². The van der Waals surface area contributed by atoms with Gasteiger partial charge in [0.2, 0.25) is 0 Å². The van der Waals surface area contributed by atoms with Gasteiger partial charge in [-0.25, -0.2) is 9.78 Å². The molecule has 0 saturated heterocycles. The molecular formula is C27H36N2O5. The van der Waals surface area contributed by atoms with Crippen LogP contribution in [0, 0.1) is 18.3 Å². The van der Waals surface area contributed by atoms with E-state index in [9.17, 15) is 14.7 Å². The summed E-state index contributed by atoms with van der Waals surface area (Å²) in [5.74, 6) is -0.421. The number of methoxy groups -OCH3 is 1. The van der Waals surface area contributed by atoms with E-state index in [0.29, 0.717) is 37.5 Å². The number of hydrogen-bond acceptors (Lipinski definition) is 5. The van der Waals surface area contributed by atoms with Crippen LogP contribution >= 0.6 is 0 Å². The number of ether oxygens (including phenoxy) is 2. The minimum atomic E-state index is -1.27. The van der Waals surface area contributed by atoms with Crippen LogP contribution in [0.2, 0.25) is 0 Å². The summed E-state index contributed by atoms with van der Waals surface area (Å²) in [6.45, 7) is 8.95.